The molecule has 0 bridgehead atoms. The van der Waals surface area contributed by atoms with Gasteiger partial charge in [0.05, 0.1) is 0 Å². The third kappa shape index (κ3) is 5.52. The number of hydrogen-bond donors (Lipinski definition) is 1. The molecule has 0 aliphatic carbocycles. The highest BCUT2D eigenvalue weighted by Crippen LogP contribution is 2.21. The number of nitrogens with zero attached hydrogens (tertiary/aromatic N) is 2. The molecule has 0 amide bonds. The molecule has 1 N–H and O–H groups in total. The molecule has 1 atom stereocenters. The Morgan fingerprint density at radius 3 is 2.82 bits per heavy atom. The molecule has 0 spiro atoms. The van der Waals surface area contributed by atoms with Crippen LogP contribution in [0.4, 0.5) is 0 Å². The highest BCUT2D eigenvalue weighted by atomic mass is 79.9. The summed E-state index contributed by atoms with van der Waals surface area (Å²) < 4.78 is 6.09. The minimum Gasteiger partial charge on any atom is -0.368 e. The Morgan fingerprint density at radius 1 is 1.59 bits per heavy atom. The van der Waals surface area contributed by atoms with Crippen molar-refractivity contribution in [3.05, 3.63) is 10.6 Å². The van der Waals surface area contributed by atoms with Gasteiger partial charge in [0, 0.05) is 19.2 Å². The first kappa shape index (κ1) is 15.2. The van der Waals surface area contributed by atoms with Crippen molar-refractivity contribution in [3.63, 3.8) is 0 Å². The number of rotatable bonds is 5. The summed E-state index contributed by atoms with van der Waals surface area (Å²) in [6, 6.07) is 1.09. The average molecular weight is 342 g/mol. The smallest absolute Gasteiger partial charge is 0.177 e. The Labute approximate surface area is 116 Å². The van der Waals surface area contributed by atoms with Gasteiger partial charge in [0.1, 0.15) is 11.9 Å². The predicted octanol–water partition coefficient (Wildman–Crippen LogP) is 2.76. The van der Waals surface area contributed by atoms with Crippen molar-refractivity contribution in [2.45, 2.75) is 31.9 Å². The Hall–Kier alpha value is 0.117. The molecule has 0 aromatic heterocycles. The molecule has 98 valence electrons. The fourth-order valence-corrected chi connectivity index (χ4v) is 2.73. The van der Waals surface area contributed by atoms with E-state index in [0.717, 1.165) is 6.04 Å². The van der Waals surface area contributed by atoms with Gasteiger partial charge in [-0.05, 0) is 12.1 Å². The largest absolute Gasteiger partial charge is 0.368 e. The van der Waals surface area contributed by atoms with Crippen LogP contribution in [-0.2, 0) is 4.74 Å². The van der Waals surface area contributed by atoms with E-state index in [2.05, 4.69) is 40.7 Å². The van der Waals surface area contributed by atoms with Gasteiger partial charge in [-0.15, -0.1) is 0 Å². The zero-order valence-corrected chi connectivity index (χ0v) is 13.6. The Balaban J connectivity index is 2.35. The molecule has 1 aliphatic rings. The second kappa shape index (κ2) is 6.33. The van der Waals surface area contributed by atoms with Crippen LogP contribution in [0, 0.1) is 0 Å². The summed E-state index contributed by atoms with van der Waals surface area (Å²) in [5, 5.41) is 15.5. The van der Waals surface area contributed by atoms with E-state index < -0.39 is 14.3 Å². The molecule has 0 radical (unpaired) electrons. The summed E-state index contributed by atoms with van der Waals surface area (Å²) in [5.74, 6) is 0. The number of aliphatic hydroxyl groups is 1. The standard InChI is InChI=1S/C10H18BrClN2O2Si/c1-17(2,3)5-4-16-7-14-10(15)8(11)6-9(12)13-14/h6,10,15H,4-5,7H2,1-3H3. The number of ether oxygens (including phenoxy) is 1. The van der Waals surface area contributed by atoms with Crippen LogP contribution in [0.5, 0.6) is 0 Å². The van der Waals surface area contributed by atoms with Crippen molar-refractivity contribution in [2.24, 2.45) is 5.10 Å². The van der Waals surface area contributed by atoms with Crippen molar-refractivity contribution >= 4 is 40.8 Å². The second-order valence-electron chi connectivity index (χ2n) is 5.11. The summed E-state index contributed by atoms with van der Waals surface area (Å²) in [7, 11) is -1.08. The molecule has 1 rings (SSSR count). The van der Waals surface area contributed by atoms with Crippen molar-refractivity contribution in [1.82, 2.24) is 5.01 Å². The van der Waals surface area contributed by atoms with E-state index in [4.69, 9.17) is 16.3 Å². The highest BCUT2D eigenvalue weighted by Gasteiger charge is 2.22. The molecule has 0 saturated carbocycles. The first-order chi connectivity index (χ1) is 7.79. The van der Waals surface area contributed by atoms with E-state index in [1.807, 2.05) is 0 Å². The number of allylic oxidation sites excluding steroid dienone is 1. The second-order valence-corrected chi connectivity index (χ2v) is 12.0. The summed E-state index contributed by atoms with van der Waals surface area (Å²) >= 11 is 9.03. The minimum atomic E-state index is -1.08. The quantitative estimate of drug-likeness (QED) is 0.618. The molecular formula is C10H18BrClN2O2Si. The lowest BCUT2D eigenvalue weighted by molar-refractivity contribution is -0.0480. The number of hydrogen-bond acceptors (Lipinski definition) is 4. The van der Waals surface area contributed by atoms with Crippen LogP contribution in [0.3, 0.4) is 0 Å². The van der Waals surface area contributed by atoms with Crippen molar-refractivity contribution in [2.75, 3.05) is 13.3 Å². The van der Waals surface area contributed by atoms with Gasteiger partial charge in [-0.3, -0.25) is 0 Å². The molecule has 17 heavy (non-hydrogen) atoms. The fraction of sp³-hybridized carbons (Fsp3) is 0.700. The Kier molecular flexibility index (Phi) is 5.65. The third-order valence-electron chi connectivity index (χ3n) is 2.23. The molecule has 0 fully saturated rings. The lowest BCUT2D eigenvalue weighted by Gasteiger charge is -2.27. The molecular weight excluding hydrogens is 324 g/mol. The van der Waals surface area contributed by atoms with E-state index >= 15 is 0 Å². The van der Waals surface area contributed by atoms with Gasteiger partial charge in [-0.1, -0.05) is 47.2 Å². The summed E-state index contributed by atoms with van der Waals surface area (Å²) in [6.07, 6.45) is 0.759. The van der Waals surface area contributed by atoms with Crippen LogP contribution < -0.4 is 0 Å². The maximum absolute atomic E-state index is 9.79. The van der Waals surface area contributed by atoms with E-state index in [0.29, 0.717) is 16.3 Å². The third-order valence-corrected chi connectivity index (χ3v) is 4.76. The molecule has 4 nitrogen and oxygen atoms in total. The zero-order chi connectivity index (χ0) is 13.1. The summed E-state index contributed by atoms with van der Waals surface area (Å²) in [5.41, 5.74) is 0. The molecule has 1 heterocycles. The van der Waals surface area contributed by atoms with Crippen molar-refractivity contribution in [3.8, 4) is 0 Å². The van der Waals surface area contributed by atoms with E-state index in [1.54, 1.807) is 6.08 Å². The molecule has 1 unspecified atom stereocenters. The van der Waals surface area contributed by atoms with Crippen LogP contribution in [0.1, 0.15) is 0 Å². The van der Waals surface area contributed by atoms with Gasteiger partial charge in [0.2, 0.25) is 0 Å². The van der Waals surface area contributed by atoms with Crippen LogP contribution in [0.25, 0.3) is 0 Å². The first-order valence-electron chi connectivity index (χ1n) is 5.43. The minimum absolute atomic E-state index is 0.241. The van der Waals surface area contributed by atoms with Gasteiger partial charge in [-0.2, -0.15) is 5.10 Å². The van der Waals surface area contributed by atoms with Crippen LogP contribution in [0.15, 0.2) is 15.7 Å². The maximum Gasteiger partial charge on any atom is 0.177 e. The van der Waals surface area contributed by atoms with Crippen LogP contribution in [0.2, 0.25) is 25.7 Å². The van der Waals surface area contributed by atoms with Gasteiger partial charge in [-0.25, -0.2) is 5.01 Å². The Morgan fingerprint density at radius 2 is 2.24 bits per heavy atom. The van der Waals surface area contributed by atoms with Gasteiger partial charge in [0.15, 0.2) is 6.23 Å². The normalized spacial score (nSPS) is 21.3. The van der Waals surface area contributed by atoms with Gasteiger partial charge >= 0.3 is 0 Å². The molecule has 0 aromatic rings. The van der Waals surface area contributed by atoms with Crippen molar-refractivity contribution in [1.29, 1.82) is 0 Å². The molecule has 1 aliphatic heterocycles. The van der Waals surface area contributed by atoms with Crippen LogP contribution >= 0.6 is 27.5 Å². The van der Waals surface area contributed by atoms with E-state index in [1.165, 1.54) is 5.01 Å². The summed E-state index contributed by atoms with van der Waals surface area (Å²) in [4.78, 5) is 0. The zero-order valence-electron chi connectivity index (χ0n) is 10.3. The highest BCUT2D eigenvalue weighted by molar-refractivity contribution is 9.11. The lowest BCUT2D eigenvalue weighted by atomic mass is 10.4. The number of aliphatic hydroxyl groups excluding tert-OH is 1. The topological polar surface area (TPSA) is 45.1 Å². The lowest BCUT2D eigenvalue weighted by Crippen LogP contribution is -2.36. The van der Waals surface area contributed by atoms with E-state index in [-0.39, 0.29) is 6.73 Å². The fourth-order valence-electron chi connectivity index (χ4n) is 1.17. The number of halogens is 2. The molecule has 0 aromatic carbocycles. The number of hydrazone groups is 1. The SMILES string of the molecule is C[Si](C)(C)CCOCN1N=C(Cl)C=C(Br)C1O. The van der Waals surface area contributed by atoms with Gasteiger partial charge in [0.25, 0.3) is 0 Å². The van der Waals surface area contributed by atoms with Crippen molar-refractivity contribution < 1.29 is 9.84 Å². The van der Waals surface area contributed by atoms with Gasteiger partial charge < -0.3 is 9.84 Å². The maximum atomic E-state index is 9.79. The molecule has 0 saturated heterocycles. The molecule has 7 heteroatoms. The average Bonchev–Trinajstić information content (AvgIpc) is 2.18. The monoisotopic (exact) mass is 340 g/mol. The Bertz CT molecular complexity index is 331. The van der Waals surface area contributed by atoms with E-state index in [9.17, 15) is 5.11 Å². The first-order valence-corrected chi connectivity index (χ1v) is 10.3. The predicted molar refractivity (Wildman–Crippen MR) is 77.1 cm³/mol. The summed E-state index contributed by atoms with van der Waals surface area (Å²) in [6.45, 7) is 7.81. The van der Waals surface area contributed by atoms with Crippen LogP contribution in [-0.4, -0.2) is 42.9 Å².